The third-order valence-corrected chi connectivity index (χ3v) is 4.77. The van der Waals surface area contributed by atoms with Crippen LogP contribution in [0.25, 0.3) is 10.9 Å². The van der Waals surface area contributed by atoms with Crippen molar-refractivity contribution in [3.05, 3.63) is 71.9 Å². The van der Waals surface area contributed by atoms with Gasteiger partial charge >= 0.3 is 0 Å². The molecule has 1 aromatic heterocycles. The molecule has 1 amide bonds. The van der Waals surface area contributed by atoms with Crippen LogP contribution in [0.2, 0.25) is 0 Å². The highest BCUT2D eigenvalue weighted by atomic mass is 16.2. The molecule has 1 atom stereocenters. The highest BCUT2D eigenvalue weighted by Gasteiger charge is 2.16. The smallest absolute Gasteiger partial charge is 0.222 e. The van der Waals surface area contributed by atoms with E-state index in [4.69, 9.17) is 0 Å². The number of fused-ring (bicyclic) bond motifs is 1. The molecule has 0 unspecified atom stereocenters. The topological polar surface area (TPSA) is 36.1 Å². The molecule has 0 radical (unpaired) electrons. The van der Waals surface area contributed by atoms with Crippen molar-refractivity contribution in [2.75, 3.05) is 7.05 Å². The number of carbonyl (C=O) groups is 1. The molecule has 0 aliphatic carbocycles. The number of benzene rings is 2. The van der Waals surface area contributed by atoms with Crippen LogP contribution in [-0.2, 0) is 11.2 Å². The first kappa shape index (κ1) is 16.3. The van der Waals surface area contributed by atoms with Gasteiger partial charge in [-0.15, -0.1) is 0 Å². The monoisotopic (exact) mass is 320 g/mol. The second kappa shape index (κ2) is 7.35. The van der Waals surface area contributed by atoms with E-state index in [1.165, 1.54) is 16.5 Å². The molecular formula is C21H24N2O. The molecule has 0 aliphatic heterocycles. The van der Waals surface area contributed by atoms with E-state index in [1.54, 1.807) is 0 Å². The SMILES string of the molecule is C[C@H](c1ccccc1)N(C)C(=O)CCCc1c[nH]c2ccccc12. The zero-order valence-corrected chi connectivity index (χ0v) is 14.3. The molecule has 0 spiro atoms. The van der Waals surface area contributed by atoms with E-state index >= 15 is 0 Å². The van der Waals surface area contributed by atoms with E-state index in [2.05, 4.69) is 48.4 Å². The summed E-state index contributed by atoms with van der Waals surface area (Å²) in [5.41, 5.74) is 3.62. The molecule has 1 heterocycles. The van der Waals surface area contributed by atoms with E-state index in [1.807, 2.05) is 36.2 Å². The Hall–Kier alpha value is -2.55. The summed E-state index contributed by atoms with van der Waals surface area (Å²) in [5.74, 6) is 0.200. The molecule has 24 heavy (non-hydrogen) atoms. The third-order valence-electron chi connectivity index (χ3n) is 4.77. The van der Waals surface area contributed by atoms with Crippen LogP contribution in [0.3, 0.4) is 0 Å². The average molecular weight is 320 g/mol. The highest BCUT2D eigenvalue weighted by Crippen LogP contribution is 2.21. The van der Waals surface area contributed by atoms with Crippen molar-refractivity contribution < 1.29 is 4.79 Å². The first-order chi connectivity index (χ1) is 11.7. The molecule has 0 bridgehead atoms. The standard InChI is InChI=1S/C21H24N2O/c1-16(17-9-4-3-5-10-17)23(2)21(24)14-8-11-18-15-22-20-13-7-6-12-19(18)20/h3-7,9-10,12-13,15-16,22H,8,11,14H2,1-2H3/t16-/m1/s1. The van der Waals surface area contributed by atoms with Gasteiger partial charge in [-0.1, -0.05) is 48.5 Å². The number of H-pyrrole nitrogens is 1. The van der Waals surface area contributed by atoms with Gasteiger partial charge in [-0.3, -0.25) is 4.79 Å². The minimum atomic E-state index is 0.104. The molecule has 124 valence electrons. The maximum absolute atomic E-state index is 12.5. The van der Waals surface area contributed by atoms with Crippen LogP contribution >= 0.6 is 0 Å². The van der Waals surface area contributed by atoms with Crippen LogP contribution in [0.5, 0.6) is 0 Å². The Balaban J connectivity index is 1.55. The number of hydrogen-bond acceptors (Lipinski definition) is 1. The number of aromatic amines is 1. The first-order valence-electron chi connectivity index (χ1n) is 8.52. The number of amides is 1. The van der Waals surface area contributed by atoms with Gasteiger partial charge in [-0.2, -0.15) is 0 Å². The van der Waals surface area contributed by atoms with Gasteiger partial charge in [0.2, 0.25) is 5.91 Å². The predicted octanol–water partition coefficient (Wildman–Crippen LogP) is 4.71. The van der Waals surface area contributed by atoms with Gasteiger partial charge in [0.05, 0.1) is 6.04 Å². The minimum Gasteiger partial charge on any atom is -0.361 e. The van der Waals surface area contributed by atoms with Crippen LogP contribution in [0.1, 0.15) is 36.9 Å². The lowest BCUT2D eigenvalue weighted by Crippen LogP contribution is -2.29. The summed E-state index contributed by atoms with van der Waals surface area (Å²) < 4.78 is 0. The summed E-state index contributed by atoms with van der Waals surface area (Å²) in [6.45, 7) is 2.08. The van der Waals surface area contributed by atoms with Crippen LogP contribution in [-0.4, -0.2) is 22.8 Å². The lowest BCUT2D eigenvalue weighted by atomic mass is 10.0. The van der Waals surface area contributed by atoms with Crippen molar-refractivity contribution in [3.63, 3.8) is 0 Å². The van der Waals surface area contributed by atoms with Gasteiger partial charge in [0, 0.05) is 30.6 Å². The van der Waals surface area contributed by atoms with Crippen molar-refractivity contribution in [2.24, 2.45) is 0 Å². The number of aryl methyl sites for hydroxylation is 1. The molecule has 2 aromatic carbocycles. The maximum atomic E-state index is 12.5. The molecule has 3 aromatic rings. The van der Waals surface area contributed by atoms with Crippen molar-refractivity contribution in [2.45, 2.75) is 32.2 Å². The molecule has 0 saturated heterocycles. The Morgan fingerprint density at radius 3 is 2.58 bits per heavy atom. The second-order valence-corrected chi connectivity index (χ2v) is 6.30. The zero-order chi connectivity index (χ0) is 16.9. The molecule has 3 rings (SSSR count). The van der Waals surface area contributed by atoms with Gasteiger partial charge in [-0.25, -0.2) is 0 Å². The lowest BCUT2D eigenvalue weighted by molar-refractivity contribution is -0.131. The Morgan fingerprint density at radius 1 is 1.08 bits per heavy atom. The molecule has 0 aliphatic rings. The normalized spacial score (nSPS) is 12.2. The van der Waals surface area contributed by atoms with Gasteiger partial charge in [0.15, 0.2) is 0 Å². The van der Waals surface area contributed by atoms with Crippen LogP contribution in [0.15, 0.2) is 60.8 Å². The van der Waals surface area contributed by atoms with Gasteiger partial charge in [0.25, 0.3) is 0 Å². The van der Waals surface area contributed by atoms with Crippen LogP contribution in [0.4, 0.5) is 0 Å². The predicted molar refractivity (Wildman–Crippen MR) is 98.9 cm³/mol. The lowest BCUT2D eigenvalue weighted by Gasteiger charge is -2.25. The third kappa shape index (κ3) is 3.51. The number of para-hydroxylation sites is 1. The number of carbonyl (C=O) groups excluding carboxylic acids is 1. The largest absolute Gasteiger partial charge is 0.361 e. The Labute approximate surface area is 143 Å². The fraction of sp³-hybridized carbons (Fsp3) is 0.286. The summed E-state index contributed by atoms with van der Waals surface area (Å²) in [6, 6.07) is 18.6. The van der Waals surface area contributed by atoms with Gasteiger partial charge in [-0.05, 0) is 37.0 Å². The molecule has 0 fully saturated rings. The Kier molecular flexibility index (Phi) is 4.99. The molecule has 1 N–H and O–H groups in total. The van der Waals surface area contributed by atoms with Crippen molar-refractivity contribution in [1.29, 1.82) is 0 Å². The van der Waals surface area contributed by atoms with Crippen molar-refractivity contribution in [1.82, 2.24) is 9.88 Å². The minimum absolute atomic E-state index is 0.104. The maximum Gasteiger partial charge on any atom is 0.222 e. The second-order valence-electron chi connectivity index (χ2n) is 6.30. The zero-order valence-electron chi connectivity index (χ0n) is 14.3. The van der Waals surface area contributed by atoms with Crippen molar-refractivity contribution >= 4 is 16.8 Å². The first-order valence-corrected chi connectivity index (χ1v) is 8.52. The van der Waals surface area contributed by atoms with Gasteiger partial charge in [0.1, 0.15) is 0 Å². The molecular weight excluding hydrogens is 296 g/mol. The van der Waals surface area contributed by atoms with E-state index in [9.17, 15) is 4.79 Å². The van der Waals surface area contributed by atoms with E-state index in [0.717, 1.165) is 18.4 Å². The number of rotatable bonds is 6. The average Bonchev–Trinajstić information content (AvgIpc) is 3.04. The van der Waals surface area contributed by atoms with E-state index in [-0.39, 0.29) is 11.9 Å². The Bertz CT molecular complexity index is 807. The van der Waals surface area contributed by atoms with E-state index in [0.29, 0.717) is 6.42 Å². The number of aromatic nitrogens is 1. The number of hydrogen-bond donors (Lipinski definition) is 1. The summed E-state index contributed by atoms with van der Waals surface area (Å²) >= 11 is 0. The summed E-state index contributed by atoms with van der Waals surface area (Å²) in [7, 11) is 1.89. The Morgan fingerprint density at radius 2 is 1.79 bits per heavy atom. The molecule has 0 saturated carbocycles. The summed E-state index contributed by atoms with van der Waals surface area (Å²) in [5, 5.41) is 1.26. The fourth-order valence-electron chi connectivity index (χ4n) is 3.12. The molecule has 3 heteroatoms. The van der Waals surface area contributed by atoms with Gasteiger partial charge < -0.3 is 9.88 Å². The van der Waals surface area contributed by atoms with Crippen molar-refractivity contribution in [3.8, 4) is 0 Å². The quantitative estimate of drug-likeness (QED) is 0.701. The van der Waals surface area contributed by atoms with Crippen LogP contribution < -0.4 is 0 Å². The van der Waals surface area contributed by atoms with Crippen LogP contribution in [0, 0.1) is 0 Å². The molecule has 3 nitrogen and oxygen atoms in total. The number of nitrogens with zero attached hydrogens (tertiary/aromatic N) is 1. The summed E-state index contributed by atoms with van der Waals surface area (Å²) in [6.07, 6.45) is 4.43. The summed E-state index contributed by atoms with van der Waals surface area (Å²) in [4.78, 5) is 17.6. The highest BCUT2D eigenvalue weighted by molar-refractivity contribution is 5.83. The van der Waals surface area contributed by atoms with E-state index < -0.39 is 0 Å². The number of nitrogens with one attached hydrogen (secondary N) is 1. The fourth-order valence-corrected chi connectivity index (χ4v) is 3.12.